The van der Waals surface area contributed by atoms with Crippen LogP contribution in [0.1, 0.15) is 0 Å². The predicted octanol–water partition coefficient (Wildman–Crippen LogP) is 10.9. The predicted molar refractivity (Wildman–Crippen MR) is 189 cm³/mol. The zero-order valence-corrected chi connectivity index (χ0v) is 26.1. The van der Waals surface area contributed by atoms with Crippen LogP contribution >= 0.6 is 22.9 Å². The van der Waals surface area contributed by atoms with Crippen molar-refractivity contribution in [3.8, 4) is 55.8 Å². The van der Waals surface area contributed by atoms with Crippen molar-refractivity contribution in [3.05, 3.63) is 121 Å². The van der Waals surface area contributed by atoms with E-state index in [2.05, 4.69) is 52.6 Å². The number of para-hydroxylation sites is 4. The van der Waals surface area contributed by atoms with Gasteiger partial charge in [0.05, 0.1) is 26.2 Å². The van der Waals surface area contributed by atoms with Gasteiger partial charge in [0.1, 0.15) is 16.2 Å². The maximum Gasteiger partial charge on any atom is 0.228 e. The van der Waals surface area contributed by atoms with E-state index in [4.69, 9.17) is 23.3 Å². The minimum atomic E-state index is 0.473. The molecule has 5 aromatic heterocycles. The number of benzene rings is 5. The van der Waals surface area contributed by atoms with Crippen LogP contribution in [0.2, 0.25) is 0 Å². The molecule has 1 N–H and O–H groups in total. The summed E-state index contributed by atoms with van der Waals surface area (Å²) in [6.07, 6.45) is 1.94. The summed E-state index contributed by atoms with van der Waals surface area (Å²) in [6.45, 7) is 0. The number of hydrogen-bond acceptors (Lipinski definition) is 8. The zero-order valence-electron chi connectivity index (χ0n) is 24.5. The maximum atomic E-state index is 6.62. The van der Waals surface area contributed by atoms with E-state index in [0.717, 1.165) is 75.4 Å². The van der Waals surface area contributed by atoms with E-state index in [1.165, 1.54) is 11.5 Å². The highest BCUT2D eigenvalue weighted by Gasteiger charge is 2.31. The monoisotopic (exact) mass is 643 g/mol. The molecule has 0 amide bonds. The second-order valence-corrected chi connectivity index (χ2v) is 13.0. The summed E-state index contributed by atoms with van der Waals surface area (Å²) in [4.78, 5) is 13.8. The molecular formula is C38H21N5O2S2. The van der Waals surface area contributed by atoms with Crippen LogP contribution in [0.3, 0.4) is 0 Å². The number of oxazole rings is 1. The molecule has 0 radical (unpaired) electrons. The molecule has 47 heavy (non-hydrogen) atoms. The zero-order chi connectivity index (χ0) is 30.9. The number of nitrogens with one attached hydrogen (secondary N) is 1. The normalized spacial score (nSPS) is 11.8. The number of rotatable bonds is 5. The first kappa shape index (κ1) is 26.3. The third-order valence-electron chi connectivity index (χ3n) is 8.48. The fraction of sp³-hybridized carbons (Fsp3) is 0. The van der Waals surface area contributed by atoms with E-state index in [-0.39, 0.29) is 0 Å². The highest BCUT2D eigenvalue weighted by atomic mass is 32.1. The number of fused-ring (bicyclic) bond motifs is 4. The molecule has 0 aliphatic rings. The van der Waals surface area contributed by atoms with Crippen molar-refractivity contribution in [1.82, 2.24) is 24.5 Å². The van der Waals surface area contributed by atoms with Gasteiger partial charge in [-0.25, -0.2) is 9.97 Å². The molecule has 0 spiro atoms. The van der Waals surface area contributed by atoms with Crippen molar-refractivity contribution >= 4 is 65.2 Å². The Balaban J connectivity index is 1.44. The van der Waals surface area contributed by atoms with Crippen LogP contribution in [-0.2, 0) is 0 Å². The van der Waals surface area contributed by atoms with Crippen LogP contribution in [0.15, 0.2) is 130 Å². The lowest BCUT2D eigenvalue weighted by molar-refractivity contribution is 0.459. The Morgan fingerprint density at radius 2 is 1.36 bits per heavy atom. The topological polar surface area (TPSA) is 93.6 Å². The Morgan fingerprint density at radius 1 is 0.596 bits per heavy atom. The molecular weight excluding hydrogens is 623 g/mol. The van der Waals surface area contributed by atoms with E-state index >= 15 is 0 Å². The molecule has 7 nitrogen and oxygen atoms in total. The van der Waals surface area contributed by atoms with Gasteiger partial charge in [0.15, 0.2) is 11.2 Å². The quantitative estimate of drug-likeness (QED) is 0.201. The van der Waals surface area contributed by atoms with Gasteiger partial charge in [-0.05, 0) is 72.2 Å². The molecule has 222 valence electrons. The lowest BCUT2D eigenvalue weighted by Crippen LogP contribution is -1.99. The molecule has 5 aromatic carbocycles. The van der Waals surface area contributed by atoms with Crippen molar-refractivity contribution in [2.24, 2.45) is 0 Å². The van der Waals surface area contributed by atoms with Crippen LogP contribution < -0.4 is 0 Å². The van der Waals surface area contributed by atoms with Crippen molar-refractivity contribution in [3.63, 3.8) is 0 Å². The average Bonchev–Trinajstić information content (AvgIpc) is 3.96. The number of H-pyrrole nitrogens is 1. The maximum absolute atomic E-state index is 6.62. The standard InChI is InChI=1S/C38H21N5O2S2/c1-5-15-28-21(10-1)35(42-45-28)24-20-23(25-14-9-19-39-25)33(38-41-27-13-4-8-18-31(27)46-38)34(36-22-11-2-7-17-30(22)47-43-36)32(24)37-40-26-12-3-6-16-29(26)44-37/h1-20,39H. The molecule has 10 aromatic rings. The third-order valence-corrected chi connectivity index (χ3v) is 10.4. The van der Waals surface area contributed by atoms with Gasteiger partial charge in [0.2, 0.25) is 5.89 Å². The van der Waals surface area contributed by atoms with E-state index in [9.17, 15) is 0 Å². The minimum Gasteiger partial charge on any atom is -0.436 e. The Morgan fingerprint density at radius 3 is 2.19 bits per heavy atom. The molecule has 0 saturated heterocycles. The SMILES string of the molecule is c1c[nH]c(-c2cc(-c3noc4ccccc34)c(-c3nc4ccccc4o3)c(-c3nsc4ccccc34)c2-c2nc3ccccc3s2)c1. The third kappa shape index (κ3) is 4.10. The number of aromatic nitrogens is 5. The van der Waals surface area contributed by atoms with Crippen molar-refractivity contribution in [2.75, 3.05) is 0 Å². The van der Waals surface area contributed by atoms with Gasteiger partial charge in [-0.3, -0.25) is 0 Å². The first-order valence-electron chi connectivity index (χ1n) is 15.1. The van der Waals surface area contributed by atoms with Crippen LogP contribution in [0.25, 0.3) is 98.2 Å². The van der Waals surface area contributed by atoms with Gasteiger partial charge in [0, 0.05) is 44.9 Å². The molecule has 5 heterocycles. The largest absolute Gasteiger partial charge is 0.436 e. The molecule has 0 aliphatic carbocycles. The van der Waals surface area contributed by atoms with E-state index in [1.807, 2.05) is 79.0 Å². The van der Waals surface area contributed by atoms with Gasteiger partial charge < -0.3 is 13.9 Å². The second kappa shape index (κ2) is 10.3. The van der Waals surface area contributed by atoms with Gasteiger partial charge >= 0.3 is 0 Å². The summed E-state index contributed by atoms with van der Waals surface area (Å²) in [6, 6.07) is 38.6. The summed E-state index contributed by atoms with van der Waals surface area (Å²) in [5, 5.41) is 7.47. The smallest absolute Gasteiger partial charge is 0.228 e. The summed E-state index contributed by atoms with van der Waals surface area (Å²) in [7, 11) is 0. The van der Waals surface area contributed by atoms with E-state index < -0.39 is 0 Å². The van der Waals surface area contributed by atoms with Crippen molar-refractivity contribution in [2.45, 2.75) is 0 Å². The minimum absolute atomic E-state index is 0.473. The lowest BCUT2D eigenvalue weighted by Gasteiger charge is -2.19. The molecule has 9 heteroatoms. The summed E-state index contributed by atoms with van der Waals surface area (Å²) in [5.41, 5.74) is 9.95. The number of nitrogens with zero attached hydrogens (tertiary/aromatic N) is 4. The second-order valence-electron chi connectivity index (χ2n) is 11.2. The number of hydrogen-bond donors (Lipinski definition) is 1. The van der Waals surface area contributed by atoms with Gasteiger partial charge in [-0.1, -0.05) is 59.8 Å². The molecule has 0 atom stereocenters. The van der Waals surface area contributed by atoms with Gasteiger partial charge in [-0.15, -0.1) is 11.3 Å². The lowest BCUT2D eigenvalue weighted by atomic mass is 9.86. The van der Waals surface area contributed by atoms with E-state index in [1.54, 1.807) is 11.3 Å². The van der Waals surface area contributed by atoms with Gasteiger partial charge in [0.25, 0.3) is 0 Å². The first-order valence-corrected chi connectivity index (χ1v) is 16.7. The Bertz CT molecular complexity index is 2700. The van der Waals surface area contributed by atoms with Crippen LogP contribution in [-0.4, -0.2) is 24.5 Å². The van der Waals surface area contributed by atoms with Crippen LogP contribution in [0.4, 0.5) is 0 Å². The van der Waals surface area contributed by atoms with E-state index in [0.29, 0.717) is 22.8 Å². The van der Waals surface area contributed by atoms with Crippen molar-refractivity contribution in [1.29, 1.82) is 0 Å². The number of aromatic amines is 1. The molecule has 0 bridgehead atoms. The van der Waals surface area contributed by atoms with Crippen LogP contribution in [0, 0.1) is 0 Å². The highest BCUT2D eigenvalue weighted by Crippen LogP contribution is 2.53. The first-order chi connectivity index (χ1) is 23.3. The Labute approximate surface area is 274 Å². The fourth-order valence-electron chi connectivity index (χ4n) is 6.37. The molecule has 0 saturated carbocycles. The molecule has 0 aliphatic heterocycles. The Hall–Kier alpha value is -5.90. The summed E-state index contributed by atoms with van der Waals surface area (Å²) >= 11 is 3.13. The van der Waals surface area contributed by atoms with Crippen molar-refractivity contribution < 1.29 is 8.94 Å². The molecule has 0 fully saturated rings. The Kier molecular flexibility index (Phi) is 5.78. The number of thiazole rings is 1. The molecule has 10 rings (SSSR count). The highest BCUT2D eigenvalue weighted by molar-refractivity contribution is 7.21. The average molecular weight is 644 g/mol. The molecule has 0 unspecified atom stereocenters. The van der Waals surface area contributed by atoms with Gasteiger partial charge in [-0.2, -0.15) is 4.37 Å². The van der Waals surface area contributed by atoms with Crippen LogP contribution in [0.5, 0.6) is 0 Å². The summed E-state index contributed by atoms with van der Waals surface area (Å²) in [5.74, 6) is 0.473. The fourth-order valence-corrected chi connectivity index (χ4v) is 8.18. The summed E-state index contributed by atoms with van der Waals surface area (Å²) < 4.78 is 19.9.